The van der Waals surface area contributed by atoms with E-state index >= 15 is 0 Å². The quantitative estimate of drug-likeness (QED) is 0.844. The molecule has 0 aliphatic carbocycles. The molecule has 0 bridgehead atoms. The third-order valence-corrected chi connectivity index (χ3v) is 3.13. The Morgan fingerprint density at radius 2 is 1.95 bits per heavy atom. The summed E-state index contributed by atoms with van der Waals surface area (Å²) in [6.45, 7) is 5.60. The van der Waals surface area contributed by atoms with Crippen molar-refractivity contribution in [3.63, 3.8) is 0 Å². The number of aliphatic hydroxyl groups excluding tert-OH is 1. The Bertz CT molecular complexity index is 469. The molecule has 0 saturated heterocycles. The number of hydrogen-bond acceptors (Lipinski definition) is 4. The van der Waals surface area contributed by atoms with Gasteiger partial charge in [0.15, 0.2) is 0 Å². The van der Waals surface area contributed by atoms with E-state index in [4.69, 9.17) is 14.6 Å². The van der Waals surface area contributed by atoms with Gasteiger partial charge in [0, 0.05) is 12.1 Å². The zero-order valence-corrected chi connectivity index (χ0v) is 12.0. The second kappa shape index (κ2) is 6.43. The van der Waals surface area contributed by atoms with E-state index in [2.05, 4.69) is 5.32 Å². The lowest BCUT2D eigenvalue weighted by Gasteiger charge is -2.17. The van der Waals surface area contributed by atoms with Gasteiger partial charge in [0.25, 0.3) is 0 Å². The topological polar surface area (TPSA) is 67.8 Å². The van der Waals surface area contributed by atoms with Crippen LogP contribution in [0.15, 0.2) is 6.07 Å². The number of carbonyl (C=O) groups excluding carboxylic acids is 1. The summed E-state index contributed by atoms with van der Waals surface area (Å²) < 4.78 is 10.7. The molecule has 19 heavy (non-hydrogen) atoms. The van der Waals surface area contributed by atoms with Gasteiger partial charge in [-0.3, -0.25) is 4.79 Å². The third kappa shape index (κ3) is 3.38. The van der Waals surface area contributed by atoms with Crippen LogP contribution in [0.4, 0.5) is 0 Å². The number of ether oxygens (including phenoxy) is 2. The molecule has 5 heteroatoms. The van der Waals surface area contributed by atoms with Crippen molar-refractivity contribution >= 4 is 5.91 Å². The summed E-state index contributed by atoms with van der Waals surface area (Å²) in [5.74, 6) is 1.06. The number of carbonyl (C=O) groups is 1. The summed E-state index contributed by atoms with van der Waals surface area (Å²) >= 11 is 0. The molecule has 0 radical (unpaired) electrons. The molecule has 0 aliphatic rings. The minimum absolute atomic E-state index is 0.282. The van der Waals surface area contributed by atoms with E-state index in [0.717, 1.165) is 28.2 Å². The molecule has 106 valence electrons. The SMILES string of the molecule is COc1cc(CNC(=O)C(C)O)c(OC)c(C)c1C. The lowest BCUT2D eigenvalue weighted by Crippen LogP contribution is -2.32. The summed E-state index contributed by atoms with van der Waals surface area (Å²) in [5.41, 5.74) is 2.80. The maximum atomic E-state index is 11.4. The van der Waals surface area contributed by atoms with Crippen LogP contribution in [-0.2, 0) is 11.3 Å². The minimum Gasteiger partial charge on any atom is -0.496 e. The van der Waals surface area contributed by atoms with E-state index in [9.17, 15) is 4.79 Å². The Morgan fingerprint density at radius 3 is 2.42 bits per heavy atom. The van der Waals surface area contributed by atoms with Crippen molar-refractivity contribution in [2.45, 2.75) is 33.4 Å². The molecule has 0 saturated carbocycles. The van der Waals surface area contributed by atoms with Gasteiger partial charge in [-0.1, -0.05) is 0 Å². The molecular weight excluding hydrogens is 246 g/mol. The van der Waals surface area contributed by atoms with Crippen molar-refractivity contribution in [3.8, 4) is 11.5 Å². The maximum absolute atomic E-state index is 11.4. The lowest BCUT2D eigenvalue weighted by atomic mass is 10.0. The lowest BCUT2D eigenvalue weighted by molar-refractivity contribution is -0.128. The summed E-state index contributed by atoms with van der Waals surface area (Å²) in [4.78, 5) is 11.4. The molecule has 1 atom stereocenters. The van der Waals surface area contributed by atoms with Gasteiger partial charge in [0.05, 0.1) is 14.2 Å². The average Bonchev–Trinajstić information content (AvgIpc) is 2.39. The average molecular weight is 267 g/mol. The monoisotopic (exact) mass is 267 g/mol. The highest BCUT2D eigenvalue weighted by atomic mass is 16.5. The molecule has 1 aromatic rings. The first-order chi connectivity index (χ1) is 8.92. The fourth-order valence-corrected chi connectivity index (χ4v) is 1.89. The van der Waals surface area contributed by atoms with Crippen LogP contribution in [0, 0.1) is 13.8 Å². The molecule has 5 nitrogen and oxygen atoms in total. The fourth-order valence-electron chi connectivity index (χ4n) is 1.89. The van der Waals surface area contributed by atoms with Gasteiger partial charge in [-0.2, -0.15) is 0 Å². The molecule has 1 rings (SSSR count). The molecular formula is C14H21NO4. The Morgan fingerprint density at radius 1 is 1.32 bits per heavy atom. The van der Waals surface area contributed by atoms with Gasteiger partial charge >= 0.3 is 0 Å². The first kappa shape index (κ1) is 15.3. The van der Waals surface area contributed by atoms with Crippen LogP contribution in [0.2, 0.25) is 0 Å². The zero-order chi connectivity index (χ0) is 14.6. The van der Waals surface area contributed by atoms with Crippen LogP contribution in [0.25, 0.3) is 0 Å². The normalized spacial score (nSPS) is 11.9. The van der Waals surface area contributed by atoms with Gasteiger partial charge in [0.1, 0.15) is 17.6 Å². The highest BCUT2D eigenvalue weighted by molar-refractivity contribution is 5.80. The Kier molecular flexibility index (Phi) is 5.18. The van der Waals surface area contributed by atoms with Gasteiger partial charge in [0.2, 0.25) is 5.91 Å². The van der Waals surface area contributed by atoms with Crippen LogP contribution >= 0.6 is 0 Å². The standard InChI is InChI=1S/C14H21NO4/c1-8-9(2)13(19-5)11(6-12(8)18-4)7-15-14(17)10(3)16/h6,10,16H,7H2,1-5H3,(H,15,17). The van der Waals surface area contributed by atoms with E-state index in [-0.39, 0.29) is 6.54 Å². The second-order valence-electron chi connectivity index (χ2n) is 4.41. The highest BCUT2D eigenvalue weighted by Gasteiger charge is 2.15. The van der Waals surface area contributed by atoms with Crippen molar-refractivity contribution in [2.24, 2.45) is 0 Å². The molecule has 0 heterocycles. The summed E-state index contributed by atoms with van der Waals surface area (Å²) in [7, 11) is 3.20. The van der Waals surface area contributed by atoms with Crippen LogP contribution in [0.3, 0.4) is 0 Å². The Balaban J connectivity index is 3.05. The number of hydrogen-bond donors (Lipinski definition) is 2. The van der Waals surface area contributed by atoms with Crippen molar-refractivity contribution in [1.29, 1.82) is 0 Å². The van der Waals surface area contributed by atoms with Crippen LogP contribution in [0.5, 0.6) is 11.5 Å². The van der Waals surface area contributed by atoms with Gasteiger partial charge < -0.3 is 19.9 Å². The van der Waals surface area contributed by atoms with Crippen LogP contribution < -0.4 is 14.8 Å². The second-order valence-corrected chi connectivity index (χ2v) is 4.41. The van der Waals surface area contributed by atoms with Crippen LogP contribution in [-0.4, -0.2) is 31.3 Å². The zero-order valence-electron chi connectivity index (χ0n) is 12.0. The minimum atomic E-state index is -1.03. The van der Waals surface area contributed by atoms with Gasteiger partial charge in [-0.15, -0.1) is 0 Å². The smallest absolute Gasteiger partial charge is 0.248 e. The third-order valence-electron chi connectivity index (χ3n) is 3.13. The molecule has 1 amide bonds. The van der Waals surface area contributed by atoms with Crippen molar-refractivity contribution < 1.29 is 19.4 Å². The molecule has 0 aliphatic heterocycles. The maximum Gasteiger partial charge on any atom is 0.248 e. The predicted molar refractivity (Wildman–Crippen MR) is 72.5 cm³/mol. The molecule has 1 aromatic carbocycles. The summed E-state index contributed by atoms with van der Waals surface area (Å²) in [5, 5.41) is 11.8. The molecule has 0 aromatic heterocycles. The van der Waals surface area contributed by atoms with E-state index in [1.807, 2.05) is 19.9 Å². The van der Waals surface area contributed by atoms with Gasteiger partial charge in [-0.25, -0.2) is 0 Å². The number of rotatable bonds is 5. The largest absolute Gasteiger partial charge is 0.496 e. The number of benzene rings is 1. The summed E-state index contributed by atoms with van der Waals surface area (Å²) in [6.07, 6.45) is -1.03. The fraction of sp³-hybridized carbons (Fsp3) is 0.500. The van der Waals surface area contributed by atoms with Crippen molar-refractivity contribution in [3.05, 3.63) is 22.8 Å². The molecule has 1 unspecified atom stereocenters. The van der Waals surface area contributed by atoms with E-state index < -0.39 is 12.0 Å². The number of methoxy groups -OCH3 is 2. The first-order valence-corrected chi connectivity index (χ1v) is 6.09. The molecule has 2 N–H and O–H groups in total. The predicted octanol–water partition coefficient (Wildman–Crippen LogP) is 1.32. The number of amides is 1. The molecule has 0 fully saturated rings. The van der Waals surface area contributed by atoms with E-state index in [0.29, 0.717) is 0 Å². The summed E-state index contributed by atoms with van der Waals surface area (Å²) in [6, 6.07) is 1.84. The molecule has 0 spiro atoms. The van der Waals surface area contributed by atoms with Gasteiger partial charge in [-0.05, 0) is 38.0 Å². The number of aliphatic hydroxyl groups is 1. The van der Waals surface area contributed by atoms with Crippen molar-refractivity contribution in [2.75, 3.05) is 14.2 Å². The Labute approximate surface area is 113 Å². The highest BCUT2D eigenvalue weighted by Crippen LogP contribution is 2.33. The van der Waals surface area contributed by atoms with Crippen LogP contribution in [0.1, 0.15) is 23.6 Å². The first-order valence-electron chi connectivity index (χ1n) is 6.09. The van der Waals surface area contributed by atoms with E-state index in [1.54, 1.807) is 14.2 Å². The van der Waals surface area contributed by atoms with Crippen molar-refractivity contribution in [1.82, 2.24) is 5.32 Å². The van der Waals surface area contributed by atoms with E-state index in [1.165, 1.54) is 6.92 Å². The Hall–Kier alpha value is -1.75. The number of nitrogens with one attached hydrogen (secondary N) is 1.